The van der Waals surface area contributed by atoms with E-state index in [1.54, 1.807) is 0 Å². The molecule has 5 heteroatoms. The molecule has 2 nitrogen and oxygen atoms in total. The van der Waals surface area contributed by atoms with E-state index in [9.17, 15) is 18.4 Å². The van der Waals surface area contributed by atoms with E-state index in [1.165, 1.54) is 13.0 Å². The summed E-state index contributed by atoms with van der Waals surface area (Å²) in [6.07, 6.45) is -2.41. The van der Waals surface area contributed by atoms with Crippen molar-refractivity contribution in [3.8, 4) is 0 Å². The molecule has 1 aromatic carbocycles. The Labute approximate surface area is 93.4 Å². The molecule has 0 saturated carbocycles. The molecular weight excluding hydrogens is 270 g/mol. The van der Waals surface area contributed by atoms with Crippen LogP contribution in [-0.4, -0.2) is 12.1 Å². The van der Waals surface area contributed by atoms with Crippen LogP contribution in [0.1, 0.15) is 39.6 Å². The van der Waals surface area contributed by atoms with Crippen molar-refractivity contribution < 1.29 is 18.4 Å². The molecule has 0 radical (unpaired) electrons. The lowest BCUT2D eigenvalue weighted by Crippen LogP contribution is -2.00. The highest BCUT2D eigenvalue weighted by Gasteiger charge is 2.17. The smallest absolute Gasteiger partial charge is 0.264 e. The Morgan fingerprint density at radius 2 is 2.07 bits per heavy atom. The summed E-state index contributed by atoms with van der Waals surface area (Å²) in [5.41, 5.74) is -0.304. The Bertz CT molecular complexity index is 416. The molecule has 0 unspecified atom stereocenters. The zero-order valence-electron chi connectivity index (χ0n) is 7.76. The number of alkyl halides is 2. The Kier molecular flexibility index (Phi) is 3.68. The van der Waals surface area contributed by atoms with Crippen molar-refractivity contribution >= 4 is 28.0 Å². The fourth-order valence-corrected chi connectivity index (χ4v) is 1.81. The molecule has 0 aliphatic heterocycles. The number of rotatable bonds is 3. The molecule has 0 aliphatic carbocycles. The van der Waals surface area contributed by atoms with Crippen LogP contribution in [-0.2, 0) is 0 Å². The lowest BCUT2D eigenvalue weighted by Gasteiger charge is -2.07. The first-order chi connectivity index (χ1) is 6.97. The van der Waals surface area contributed by atoms with Crippen molar-refractivity contribution in [2.75, 3.05) is 0 Å². The summed E-state index contributed by atoms with van der Waals surface area (Å²) in [6.45, 7) is 1.30. The highest BCUT2D eigenvalue weighted by Crippen LogP contribution is 2.28. The van der Waals surface area contributed by atoms with Crippen molar-refractivity contribution in [3.05, 3.63) is 33.3 Å². The molecule has 80 valence electrons. The van der Waals surface area contributed by atoms with Gasteiger partial charge < -0.3 is 0 Å². The lowest BCUT2D eigenvalue weighted by atomic mass is 10.0. The maximum absolute atomic E-state index is 12.5. The minimum atomic E-state index is -2.73. The number of carbonyl (C=O) groups excluding carboxylic acids is 2. The largest absolute Gasteiger partial charge is 0.298 e. The van der Waals surface area contributed by atoms with Gasteiger partial charge >= 0.3 is 0 Å². The maximum Gasteiger partial charge on any atom is 0.264 e. The van der Waals surface area contributed by atoms with Gasteiger partial charge in [0.15, 0.2) is 12.1 Å². The van der Waals surface area contributed by atoms with Gasteiger partial charge in [-0.3, -0.25) is 9.59 Å². The third-order valence-electron chi connectivity index (χ3n) is 1.91. The van der Waals surface area contributed by atoms with Crippen LogP contribution in [0, 0.1) is 0 Å². The third-order valence-corrected chi connectivity index (χ3v) is 2.57. The van der Waals surface area contributed by atoms with Gasteiger partial charge in [0.2, 0.25) is 0 Å². The number of hydrogen-bond donors (Lipinski definition) is 0. The predicted molar refractivity (Wildman–Crippen MR) is 54.5 cm³/mol. The number of benzene rings is 1. The van der Waals surface area contributed by atoms with Crippen LogP contribution in [0.3, 0.4) is 0 Å². The predicted octanol–water partition coefficient (Wildman–Crippen LogP) is 3.40. The van der Waals surface area contributed by atoms with E-state index in [-0.39, 0.29) is 26.9 Å². The molecule has 1 aromatic rings. The standard InChI is InChI=1S/C10H7BrF2O2/c1-5(15)7-2-6(4-14)8(10(12)13)3-9(7)11/h2-4,10H,1H3. The van der Waals surface area contributed by atoms with Crippen molar-refractivity contribution in [3.63, 3.8) is 0 Å². The van der Waals surface area contributed by atoms with E-state index in [2.05, 4.69) is 15.9 Å². The lowest BCUT2D eigenvalue weighted by molar-refractivity contribution is 0.101. The summed E-state index contributed by atoms with van der Waals surface area (Å²) < 4.78 is 25.2. The van der Waals surface area contributed by atoms with Gasteiger partial charge in [-0.05, 0) is 19.1 Å². The minimum absolute atomic E-state index is 0.154. The summed E-state index contributed by atoms with van der Waals surface area (Å²) in [7, 11) is 0. The summed E-state index contributed by atoms with van der Waals surface area (Å²) in [5, 5.41) is 0. The average molecular weight is 277 g/mol. The normalized spacial score (nSPS) is 10.5. The second kappa shape index (κ2) is 4.61. The number of halogens is 3. The van der Waals surface area contributed by atoms with Crippen LogP contribution in [0.15, 0.2) is 16.6 Å². The number of aldehydes is 1. The SMILES string of the molecule is CC(=O)c1cc(C=O)c(C(F)F)cc1Br. The number of carbonyl (C=O) groups is 2. The Morgan fingerprint density at radius 3 is 2.47 bits per heavy atom. The van der Waals surface area contributed by atoms with Crippen molar-refractivity contribution in [1.82, 2.24) is 0 Å². The zero-order valence-corrected chi connectivity index (χ0v) is 9.35. The molecule has 0 bridgehead atoms. The van der Waals surface area contributed by atoms with E-state index >= 15 is 0 Å². The van der Waals surface area contributed by atoms with Gasteiger partial charge in [-0.1, -0.05) is 15.9 Å². The van der Waals surface area contributed by atoms with Crippen LogP contribution < -0.4 is 0 Å². The monoisotopic (exact) mass is 276 g/mol. The van der Waals surface area contributed by atoms with Gasteiger partial charge in [-0.15, -0.1) is 0 Å². The van der Waals surface area contributed by atoms with Crippen LogP contribution >= 0.6 is 15.9 Å². The van der Waals surface area contributed by atoms with Gasteiger partial charge in [0.25, 0.3) is 6.43 Å². The van der Waals surface area contributed by atoms with Gasteiger partial charge in [0.1, 0.15) is 0 Å². The highest BCUT2D eigenvalue weighted by molar-refractivity contribution is 9.10. The van der Waals surface area contributed by atoms with Crippen molar-refractivity contribution in [1.29, 1.82) is 0 Å². The van der Waals surface area contributed by atoms with E-state index in [4.69, 9.17) is 0 Å². The summed E-state index contributed by atoms with van der Waals surface area (Å²) in [5.74, 6) is -0.286. The van der Waals surface area contributed by atoms with E-state index in [1.807, 2.05) is 0 Å². The molecule has 0 aliphatic rings. The molecule has 1 rings (SSSR count). The molecule has 0 heterocycles. The molecule has 15 heavy (non-hydrogen) atoms. The van der Waals surface area contributed by atoms with E-state index in [0.717, 1.165) is 6.07 Å². The van der Waals surface area contributed by atoms with Gasteiger partial charge in [0, 0.05) is 21.2 Å². The minimum Gasteiger partial charge on any atom is -0.298 e. The fraction of sp³-hybridized carbons (Fsp3) is 0.200. The molecule has 0 saturated heterocycles. The van der Waals surface area contributed by atoms with Gasteiger partial charge in [0.05, 0.1) is 0 Å². The average Bonchev–Trinajstić information content (AvgIpc) is 2.16. The Balaban J connectivity index is 3.42. The van der Waals surface area contributed by atoms with Crippen LogP contribution in [0.25, 0.3) is 0 Å². The van der Waals surface area contributed by atoms with Crippen LogP contribution in [0.5, 0.6) is 0 Å². The number of ketones is 1. The molecule has 0 spiro atoms. The second-order valence-electron chi connectivity index (χ2n) is 2.94. The summed E-state index contributed by atoms with van der Waals surface area (Å²) in [4.78, 5) is 21.6. The summed E-state index contributed by atoms with van der Waals surface area (Å²) >= 11 is 3.01. The number of hydrogen-bond acceptors (Lipinski definition) is 2. The third kappa shape index (κ3) is 2.47. The fourth-order valence-electron chi connectivity index (χ4n) is 1.17. The quantitative estimate of drug-likeness (QED) is 0.626. The van der Waals surface area contributed by atoms with Crippen LogP contribution in [0.4, 0.5) is 8.78 Å². The van der Waals surface area contributed by atoms with E-state index in [0.29, 0.717) is 6.29 Å². The Morgan fingerprint density at radius 1 is 1.47 bits per heavy atom. The molecule has 0 N–H and O–H groups in total. The van der Waals surface area contributed by atoms with E-state index < -0.39 is 6.43 Å². The molecule has 0 atom stereocenters. The molecule has 0 amide bonds. The molecular formula is C10H7BrF2O2. The highest BCUT2D eigenvalue weighted by atomic mass is 79.9. The first-order valence-electron chi connectivity index (χ1n) is 4.05. The second-order valence-corrected chi connectivity index (χ2v) is 3.79. The Hall–Kier alpha value is -1.10. The van der Waals surface area contributed by atoms with Crippen LogP contribution in [0.2, 0.25) is 0 Å². The molecule has 0 aromatic heterocycles. The topological polar surface area (TPSA) is 34.1 Å². The first kappa shape index (κ1) is 12.0. The number of Topliss-reactive ketones (excluding diaryl/α,β-unsaturated/α-hetero) is 1. The first-order valence-corrected chi connectivity index (χ1v) is 4.84. The van der Waals surface area contributed by atoms with Gasteiger partial charge in [-0.25, -0.2) is 8.78 Å². The maximum atomic E-state index is 12.5. The van der Waals surface area contributed by atoms with Gasteiger partial charge in [-0.2, -0.15) is 0 Å². The summed E-state index contributed by atoms with van der Waals surface area (Å²) in [6, 6.07) is 2.27. The van der Waals surface area contributed by atoms with Crippen molar-refractivity contribution in [2.45, 2.75) is 13.3 Å². The zero-order chi connectivity index (χ0) is 11.6. The molecule has 0 fully saturated rings. The van der Waals surface area contributed by atoms with Crippen molar-refractivity contribution in [2.24, 2.45) is 0 Å².